The molecule has 0 aliphatic heterocycles. The van der Waals surface area contributed by atoms with E-state index in [1.54, 1.807) is 25.1 Å². The molecule has 158 valence electrons. The van der Waals surface area contributed by atoms with Crippen LogP contribution in [0.4, 0.5) is 0 Å². The molecular weight excluding hydrogens is 643 g/mol. The van der Waals surface area contributed by atoms with E-state index in [1.807, 2.05) is 0 Å². The van der Waals surface area contributed by atoms with Gasteiger partial charge in [-0.05, 0) is 29.8 Å². The van der Waals surface area contributed by atoms with E-state index in [-0.39, 0.29) is 52.4 Å². The minimum atomic E-state index is -0.00518. The summed E-state index contributed by atoms with van der Waals surface area (Å²) in [4.78, 5) is 1.46. The number of hydrogen-bond acceptors (Lipinski definition) is 3. The molecule has 28 heavy (non-hydrogen) atoms. The number of benzene rings is 2. The maximum absolute atomic E-state index is 5.85. The van der Waals surface area contributed by atoms with Gasteiger partial charge in [0.1, 0.15) is 6.54 Å². The van der Waals surface area contributed by atoms with E-state index in [0.29, 0.717) is 15.8 Å². The molecule has 2 aromatic rings. The topological polar surface area (TPSA) is 55.2 Å². The Hall–Kier alpha value is -0.340. The molecule has 0 amide bonds. The third-order valence-corrected chi connectivity index (χ3v) is 3.86. The van der Waals surface area contributed by atoms with E-state index >= 15 is 0 Å². The second kappa shape index (κ2) is 17.5. The standard InChI is InChI=1S/C9H9Cl2N3S.C9H13N.Au.2ClH/c1-5(13-14-9(12)15)6-2-3-7(10)8(11)4-6;1-10(2)8-9-6-4-3-5-7-9;;;/h2-4H,1H3,(H3,12,14,15);3-7H,8H2,1-2H3;;2*1H/q;;+3;;/p-2/b13-5+;;;;. The summed E-state index contributed by atoms with van der Waals surface area (Å²) in [5.74, 6) is 0. The Morgan fingerprint density at radius 3 is 2.04 bits per heavy atom. The van der Waals surface area contributed by atoms with Crippen LogP contribution in [0.2, 0.25) is 10.0 Å². The fourth-order valence-corrected chi connectivity index (χ4v) is 2.25. The zero-order valence-corrected chi connectivity index (χ0v) is 21.5. The van der Waals surface area contributed by atoms with Crippen LogP contribution >= 0.6 is 23.2 Å². The van der Waals surface area contributed by atoms with Gasteiger partial charge in [-0.25, -0.2) is 0 Å². The Kier molecular flexibility index (Phi) is 20.2. The van der Waals surface area contributed by atoms with Crippen molar-refractivity contribution in [2.45, 2.75) is 13.5 Å². The summed E-state index contributed by atoms with van der Waals surface area (Å²) >= 11 is 16.2. The maximum atomic E-state index is 5.85. The Balaban J connectivity index is -0.000000427. The van der Waals surface area contributed by atoms with Crippen LogP contribution in [0, 0.1) is 0 Å². The molecule has 10 heteroatoms. The van der Waals surface area contributed by atoms with Gasteiger partial charge in [-0.2, -0.15) is 10.2 Å². The minimum absolute atomic E-state index is 0. The van der Waals surface area contributed by atoms with Crippen LogP contribution in [0.1, 0.15) is 18.1 Å². The summed E-state index contributed by atoms with van der Waals surface area (Å²) in [5, 5.41) is 8.38. The molecule has 0 unspecified atom stereocenters. The summed E-state index contributed by atoms with van der Waals surface area (Å²) in [7, 11) is 4.32. The van der Waals surface area contributed by atoms with E-state index in [4.69, 9.17) is 28.9 Å². The first-order valence-corrected chi connectivity index (χ1v) is 8.79. The van der Waals surface area contributed by atoms with Crippen molar-refractivity contribution in [2.24, 2.45) is 15.9 Å². The van der Waals surface area contributed by atoms with Crippen molar-refractivity contribution in [3.63, 3.8) is 0 Å². The van der Waals surface area contributed by atoms with Crippen LogP contribution in [-0.4, -0.2) is 25.0 Å². The third-order valence-electron chi connectivity index (χ3n) is 3.04. The molecular formula is C18H22AuCl4N4S+. The number of amidine groups is 1. The van der Waals surface area contributed by atoms with Crippen LogP contribution in [0.15, 0.2) is 58.7 Å². The van der Waals surface area contributed by atoms with E-state index < -0.39 is 0 Å². The van der Waals surface area contributed by atoms with Crippen LogP contribution in [0.3, 0.4) is 0 Å². The minimum Gasteiger partial charge on any atom is -1.00 e. The van der Waals surface area contributed by atoms with Crippen molar-refractivity contribution in [1.29, 1.82) is 0 Å². The largest absolute Gasteiger partial charge is 3.00 e. The maximum Gasteiger partial charge on any atom is 3.00 e. The zero-order chi connectivity index (χ0) is 18.8. The van der Waals surface area contributed by atoms with Crippen LogP contribution < -0.4 is 35.4 Å². The summed E-state index contributed by atoms with van der Waals surface area (Å²) in [6, 6.07) is 15.7. The molecule has 0 bridgehead atoms. The van der Waals surface area contributed by atoms with E-state index in [0.717, 1.165) is 12.1 Å². The van der Waals surface area contributed by atoms with Crippen LogP contribution in [0.5, 0.6) is 0 Å². The number of nitrogens with zero attached hydrogens (tertiary/aromatic N) is 2. The first-order chi connectivity index (χ1) is 11.8. The molecule has 0 aliphatic rings. The number of nitrogens with two attached hydrogens (primary N) is 1. The number of halogens is 4. The van der Waals surface area contributed by atoms with Gasteiger partial charge >= 0.3 is 22.4 Å². The first kappa shape index (κ1) is 32.3. The molecule has 0 fully saturated rings. The van der Waals surface area contributed by atoms with E-state index in [9.17, 15) is 0 Å². The molecule has 0 spiro atoms. The average Bonchev–Trinajstić information content (AvgIpc) is 2.56. The summed E-state index contributed by atoms with van der Waals surface area (Å²) < 4.78 is 0. The molecule has 0 aliphatic carbocycles. The van der Waals surface area contributed by atoms with Gasteiger partial charge in [0.25, 0.3) is 0 Å². The number of nitrogens with one attached hydrogen (secondary N) is 1. The second-order valence-corrected chi connectivity index (χ2v) is 6.85. The normalized spacial score (nSPS) is 10.6. The molecule has 4 nitrogen and oxygen atoms in total. The van der Waals surface area contributed by atoms with Gasteiger partial charge in [0.05, 0.1) is 29.9 Å². The summed E-state index contributed by atoms with van der Waals surface area (Å²) in [6.45, 7) is 2.89. The van der Waals surface area contributed by atoms with Gasteiger partial charge in [-0.15, -0.1) is 0 Å². The zero-order valence-electron chi connectivity index (χ0n) is 15.5. The van der Waals surface area contributed by atoms with Gasteiger partial charge in [-0.3, -0.25) is 0 Å². The third kappa shape index (κ3) is 13.8. The van der Waals surface area contributed by atoms with Crippen molar-refractivity contribution in [1.82, 2.24) is 0 Å². The molecule has 3 N–H and O–H groups in total. The quantitative estimate of drug-likeness (QED) is 0.120. The Morgan fingerprint density at radius 2 is 1.57 bits per heavy atom. The van der Waals surface area contributed by atoms with Gasteiger partial charge in [0.2, 0.25) is 0 Å². The van der Waals surface area contributed by atoms with Gasteiger partial charge in [-0.1, -0.05) is 59.6 Å². The SMILES string of the molecule is C/C(=N\N=C(\N)[S-])c1ccc(Cl)c(Cl)c1.C[NH+](C)Cc1ccccc1.[Au+3].[Cl-].[Cl-]. The van der Waals surface area contributed by atoms with Gasteiger partial charge < -0.3 is 48.1 Å². The smallest absolute Gasteiger partial charge is 1.00 e. The van der Waals surface area contributed by atoms with Crippen molar-refractivity contribution in [2.75, 3.05) is 14.1 Å². The van der Waals surface area contributed by atoms with Crippen LogP contribution in [0.25, 0.3) is 0 Å². The van der Waals surface area contributed by atoms with Gasteiger partial charge in [0.15, 0.2) is 0 Å². The Labute approximate surface area is 210 Å². The van der Waals surface area contributed by atoms with E-state index in [1.165, 1.54) is 10.5 Å². The molecule has 2 aromatic carbocycles. The fraction of sp³-hybridized carbons (Fsp3) is 0.222. The summed E-state index contributed by atoms with van der Waals surface area (Å²) in [6.07, 6.45) is 0. The summed E-state index contributed by atoms with van der Waals surface area (Å²) in [5.41, 5.74) is 8.08. The fourth-order valence-electron chi connectivity index (χ4n) is 1.91. The first-order valence-electron chi connectivity index (χ1n) is 7.62. The molecule has 2 rings (SSSR count). The predicted octanol–water partition coefficient (Wildman–Crippen LogP) is -3.08. The van der Waals surface area contributed by atoms with Crippen molar-refractivity contribution in [3.05, 3.63) is 69.7 Å². The number of rotatable bonds is 4. The molecule has 0 saturated carbocycles. The average molecular weight is 665 g/mol. The number of quaternary nitrogens is 1. The molecule has 0 saturated heterocycles. The Bertz CT molecular complexity index is 740. The predicted molar refractivity (Wildman–Crippen MR) is 111 cm³/mol. The van der Waals surface area contributed by atoms with Crippen molar-refractivity contribution < 1.29 is 52.1 Å². The van der Waals surface area contributed by atoms with Gasteiger partial charge in [0, 0.05) is 5.56 Å². The van der Waals surface area contributed by atoms with Crippen molar-refractivity contribution in [3.8, 4) is 0 Å². The Morgan fingerprint density at radius 1 is 1.00 bits per heavy atom. The second-order valence-electron chi connectivity index (χ2n) is 5.62. The molecule has 0 atom stereocenters. The van der Waals surface area contributed by atoms with E-state index in [2.05, 4.69) is 67.3 Å². The molecule has 0 aromatic heterocycles. The molecule has 0 heterocycles. The number of hydrogen-bond donors (Lipinski definition) is 2. The monoisotopic (exact) mass is 663 g/mol. The van der Waals surface area contributed by atoms with Crippen LogP contribution in [-0.2, 0) is 41.6 Å². The van der Waals surface area contributed by atoms with Crippen molar-refractivity contribution >= 4 is 46.7 Å². The molecule has 0 radical (unpaired) electrons.